The minimum absolute atomic E-state index is 0.0513. The van der Waals surface area contributed by atoms with E-state index in [1.54, 1.807) is 24.3 Å². The van der Waals surface area contributed by atoms with Crippen molar-refractivity contribution in [2.75, 3.05) is 6.54 Å². The average molecular weight is 367 g/mol. The summed E-state index contributed by atoms with van der Waals surface area (Å²) in [5.74, 6) is 0.373. The lowest BCUT2D eigenvalue weighted by atomic mass is 10.1. The third-order valence-electron chi connectivity index (χ3n) is 4.97. The van der Waals surface area contributed by atoms with E-state index < -0.39 is 5.97 Å². The first-order valence-electron chi connectivity index (χ1n) is 8.96. The van der Waals surface area contributed by atoms with Gasteiger partial charge in [-0.1, -0.05) is 18.2 Å². The van der Waals surface area contributed by atoms with Crippen molar-refractivity contribution >= 4 is 5.97 Å². The maximum absolute atomic E-state index is 11.4. The van der Waals surface area contributed by atoms with Crippen LogP contribution in [0.4, 0.5) is 0 Å². The number of aliphatic hydroxyl groups excluding tert-OH is 1. The van der Waals surface area contributed by atoms with Gasteiger partial charge in [-0.25, -0.2) is 4.79 Å². The summed E-state index contributed by atoms with van der Waals surface area (Å²) < 4.78 is 5.96. The Labute approximate surface area is 156 Å². The molecule has 4 rings (SSSR count). The Morgan fingerprint density at radius 3 is 2.93 bits per heavy atom. The highest BCUT2D eigenvalue weighted by atomic mass is 16.4. The SMILES string of the molecule is O=C(O)c1ccccc1-c1ccc(CN2CCC[C@H]2c2cc(CO)[nH]n2)o1. The van der Waals surface area contributed by atoms with Gasteiger partial charge in [0, 0.05) is 5.56 Å². The van der Waals surface area contributed by atoms with Gasteiger partial charge in [-0.15, -0.1) is 0 Å². The number of carboxylic acids is 1. The molecule has 1 fully saturated rings. The third-order valence-corrected chi connectivity index (χ3v) is 4.97. The molecule has 7 nitrogen and oxygen atoms in total. The Bertz CT molecular complexity index is 946. The number of furan rings is 1. The lowest BCUT2D eigenvalue weighted by Crippen LogP contribution is -2.22. The molecule has 1 atom stereocenters. The second-order valence-corrected chi connectivity index (χ2v) is 6.72. The van der Waals surface area contributed by atoms with Crippen LogP contribution in [0, 0.1) is 0 Å². The van der Waals surface area contributed by atoms with Crippen LogP contribution in [-0.2, 0) is 13.2 Å². The fourth-order valence-corrected chi connectivity index (χ4v) is 3.67. The van der Waals surface area contributed by atoms with E-state index in [0.717, 1.165) is 30.8 Å². The Balaban J connectivity index is 1.53. The van der Waals surface area contributed by atoms with E-state index in [1.807, 2.05) is 18.2 Å². The molecule has 2 aromatic heterocycles. The Morgan fingerprint density at radius 1 is 1.30 bits per heavy atom. The summed E-state index contributed by atoms with van der Waals surface area (Å²) in [5.41, 5.74) is 2.45. The van der Waals surface area contributed by atoms with E-state index in [0.29, 0.717) is 23.6 Å². The number of nitrogens with zero attached hydrogens (tertiary/aromatic N) is 2. The first-order chi connectivity index (χ1) is 13.2. The van der Waals surface area contributed by atoms with E-state index in [2.05, 4.69) is 15.1 Å². The molecule has 0 bridgehead atoms. The van der Waals surface area contributed by atoms with Crippen LogP contribution in [0.1, 0.15) is 46.4 Å². The molecule has 0 spiro atoms. The number of hydrogen-bond acceptors (Lipinski definition) is 5. The minimum Gasteiger partial charge on any atom is -0.478 e. The Morgan fingerprint density at radius 2 is 2.15 bits per heavy atom. The Hall–Kier alpha value is -2.90. The first-order valence-corrected chi connectivity index (χ1v) is 8.96. The number of hydrogen-bond donors (Lipinski definition) is 3. The topological polar surface area (TPSA) is 103 Å². The quantitative estimate of drug-likeness (QED) is 0.618. The monoisotopic (exact) mass is 367 g/mol. The van der Waals surface area contributed by atoms with Crippen LogP contribution < -0.4 is 0 Å². The van der Waals surface area contributed by atoms with E-state index in [-0.39, 0.29) is 18.2 Å². The van der Waals surface area contributed by atoms with Gasteiger partial charge >= 0.3 is 5.97 Å². The molecule has 7 heteroatoms. The normalized spacial score (nSPS) is 17.4. The molecule has 1 aromatic carbocycles. The number of carboxylic acid groups (broad SMARTS) is 1. The second-order valence-electron chi connectivity index (χ2n) is 6.72. The van der Waals surface area contributed by atoms with Gasteiger partial charge in [0.15, 0.2) is 0 Å². The number of nitrogens with one attached hydrogen (secondary N) is 1. The van der Waals surface area contributed by atoms with Crippen LogP contribution >= 0.6 is 0 Å². The summed E-state index contributed by atoms with van der Waals surface area (Å²) in [6, 6.07) is 12.6. The number of aromatic amines is 1. The van der Waals surface area contributed by atoms with E-state index in [9.17, 15) is 15.0 Å². The highest BCUT2D eigenvalue weighted by Gasteiger charge is 2.29. The predicted octanol–water partition coefficient (Wildman–Crippen LogP) is 3.20. The molecule has 3 heterocycles. The summed E-state index contributed by atoms with van der Waals surface area (Å²) in [6.45, 7) is 1.51. The van der Waals surface area contributed by atoms with Crippen molar-refractivity contribution in [3.63, 3.8) is 0 Å². The number of carbonyl (C=O) groups is 1. The second kappa shape index (κ2) is 7.38. The molecule has 3 N–H and O–H groups in total. The summed E-state index contributed by atoms with van der Waals surface area (Å²) >= 11 is 0. The zero-order chi connectivity index (χ0) is 18.8. The summed E-state index contributed by atoms with van der Waals surface area (Å²) in [7, 11) is 0. The van der Waals surface area contributed by atoms with Crippen LogP contribution in [0.15, 0.2) is 46.9 Å². The highest BCUT2D eigenvalue weighted by Crippen LogP contribution is 2.33. The van der Waals surface area contributed by atoms with Crippen LogP contribution in [0.2, 0.25) is 0 Å². The molecule has 1 aliphatic heterocycles. The molecule has 27 heavy (non-hydrogen) atoms. The maximum Gasteiger partial charge on any atom is 0.336 e. The standard InChI is InChI=1S/C20H21N3O4/c24-12-13-10-17(22-21-13)18-6-3-9-23(18)11-14-7-8-19(27-14)15-4-1-2-5-16(15)20(25)26/h1-2,4-5,7-8,10,18,24H,3,6,9,11-12H2,(H,21,22)(H,25,26)/t18-/m0/s1. The van der Waals surface area contributed by atoms with Crippen molar-refractivity contribution in [1.82, 2.24) is 15.1 Å². The predicted molar refractivity (Wildman–Crippen MR) is 98.0 cm³/mol. The van der Waals surface area contributed by atoms with Crippen molar-refractivity contribution < 1.29 is 19.4 Å². The molecule has 0 aliphatic carbocycles. The zero-order valence-corrected chi connectivity index (χ0v) is 14.8. The number of H-pyrrole nitrogens is 1. The van der Waals surface area contributed by atoms with E-state index in [1.165, 1.54) is 0 Å². The van der Waals surface area contributed by atoms with E-state index in [4.69, 9.17) is 4.42 Å². The summed E-state index contributed by atoms with van der Waals surface area (Å²) in [5, 5.41) is 25.8. The molecule has 1 saturated heterocycles. The van der Waals surface area contributed by atoms with Gasteiger partial charge in [-0.3, -0.25) is 10.00 Å². The fourth-order valence-electron chi connectivity index (χ4n) is 3.67. The van der Waals surface area contributed by atoms with Gasteiger partial charge < -0.3 is 14.6 Å². The molecule has 1 aliphatic rings. The van der Waals surface area contributed by atoms with Gasteiger partial charge in [-0.05, 0) is 43.7 Å². The zero-order valence-electron chi connectivity index (χ0n) is 14.8. The number of likely N-dealkylation sites (tertiary alicyclic amines) is 1. The highest BCUT2D eigenvalue weighted by molar-refractivity contribution is 5.95. The van der Waals surface area contributed by atoms with Crippen molar-refractivity contribution in [1.29, 1.82) is 0 Å². The molecular formula is C20H21N3O4. The van der Waals surface area contributed by atoms with Crippen molar-refractivity contribution in [3.8, 4) is 11.3 Å². The summed E-state index contributed by atoms with van der Waals surface area (Å²) in [4.78, 5) is 13.7. The molecule has 0 saturated carbocycles. The summed E-state index contributed by atoms with van der Waals surface area (Å²) in [6.07, 6.45) is 2.08. The smallest absolute Gasteiger partial charge is 0.336 e. The van der Waals surface area contributed by atoms with E-state index >= 15 is 0 Å². The molecule has 0 amide bonds. The first kappa shape index (κ1) is 17.5. The van der Waals surface area contributed by atoms with Gasteiger partial charge in [0.1, 0.15) is 11.5 Å². The van der Waals surface area contributed by atoms with Gasteiger partial charge in [0.25, 0.3) is 0 Å². The van der Waals surface area contributed by atoms with Crippen LogP contribution in [-0.4, -0.2) is 37.8 Å². The number of rotatable bonds is 6. The lowest BCUT2D eigenvalue weighted by Gasteiger charge is -2.21. The van der Waals surface area contributed by atoms with Gasteiger partial charge in [0.05, 0.1) is 36.1 Å². The van der Waals surface area contributed by atoms with Crippen molar-refractivity contribution in [2.45, 2.75) is 32.0 Å². The van der Waals surface area contributed by atoms with Crippen molar-refractivity contribution in [2.24, 2.45) is 0 Å². The minimum atomic E-state index is -0.971. The Kier molecular flexibility index (Phi) is 4.79. The number of benzene rings is 1. The third kappa shape index (κ3) is 3.51. The molecular weight excluding hydrogens is 346 g/mol. The average Bonchev–Trinajstić information content (AvgIpc) is 3.42. The molecule has 0 radical (unpaired) electrons. The van der Waals surface area contributed by atoms with Crippen LogP contribution in [0.5, 0.6) is 0 Å². The van der Waals surface area contributed by atoms with Crippen LogP contribution in [0.3, 0.4) is 0 Å². The van der Waals surface area contributed by atoms with Crippen LogP contribution in [0.25, 0.3) is 11.3 Å². The van der Waals surface area contributed by atoms with Crippen molar-refractivity contribution in [3.05, 3.63) is 65.2 Å². The van der Waals surface area contributed by atoms with Gasteiger partial charge in [0.2, 0.25) is 0 Å². The fraction of sp³-hybridized carbons (Fsp3) is 0.300. The number of aliphatic hydroxyl groups is 1. The molecule has 3 aromatic rings. The maximum atomic E-state index is 11.4. The molecule has 140 valence electrons. The number of aromatic carboxylic acids is 1. The lowest BCUT2D eigenvalue weighted by molar-refractivity contribution is 0.0697. The number of aromatic nitrogens is 2. The molecule has 0 unspecified atom stereocenters. The largest absolute Gasteiger partial charge is 0.478 e. The van der Waals surface area contributed by atoms with Gasteiger partial charge in [-0.2, -0.15) is 5.10 Å².